The number of aromatic nitrogens is 3. The van der Waals surface area contributed by atoms with Crippen molar-refractivity contribution < 1.29 is 13.2 Å². The molecule has 0 radical (unpaired) electrons. The first-order valence-electron chi connectivity index (χ1n) is 3.70. The lowest BCUT2D eigenvalue weighted by Gasteiger charge is -1.99. The van der Waals surface area contributed by atoms with Gasteiger partial charge in [0, 0.05) is 11.6 Å². The number of hydrogen-bond donors (Lipinski definition) is 0. The highest BCUT2D eigenvalue weighted by atomic mass is 127. The van der Waals surface area contributed by atoms with Crippen molar-refractivity contribution >= 4 is 33.9 Å². The molecule has 0 fully saturated rings. The van der Waals surface area contributed by atoms with Gasteiger partial charge in [0.15, 0.2) is 10.8 Å². The monoisotopic (exact) mass is 345 g/mol. The summed E-state index contributed by atoms with van der Waals surface area (Å²) < 4.78 is 38.9. The molecule has 0 saturated heterocycles. The molecule has 0 aliphatic heterocycles. The van der Waals surface area contributed by atoms with Crippen molar-refractivity contribution in [3.63, 3.8) is 0 Å². The first-order valence-corrected chi connectivity index (χ1v) is 5.66. The van der Waals surface area contributed by atoms with Gasteiger partial charge in [-0.1, -0.05) is 0 Å². The Kier molecular flexibility index (Phi) is 2.71. The van der Waals surface area contributed by atoms with Crippen molar-refractivity contribution in [2.24, 2.45) is 0 Å². The molecule has 8 heteroatoms. The van der Waals surface area contributed by atoms with Gasteiger partial charge >= 0.3 is 6.18 Å². The maximum absolute atomic E-state index is 12.2. The Balaban J connectivity index is 2.36. The molecule has 0 N–H and O–H groups in total. The Hall–Kier alpha value is -0.640. The summed E-state index contributed by atoms with van der Waals surface area (Å²) in [5.41, 5.74) is 0. The number of nitrogens with zero attached hydrogens (tertiary/aromatic N) is 3. The van der Waals surface area contributed by atoms with Gasteiger partial charge in [0.25, 0.3) is 0 Å². The highest BCUT2D eigenvalue weighted by Crippen LogP contribution is 2.32. The Morgan fingerprint density at radius 2 is 2.13 bits per heavy atom. The van der Waals surface area contributed by atoms with Crippen LogP contribution in [0.1, 0.15) is 5.01 Å². The lowest BCUT2D eigenvalue weighted by atomic mass is 10.6. The molecule has 0 saturated carbocycles. The van der Waals surface area contributed by atoms with Gasteiger partial charge in [-0.3, -0.25) is 0 Å². The van der Waals surface area contributed by atoms with Gasteiger partial charge in [-0.25, -0.2) is 9.67 Å². The van der Waals surface area contributed by atoms with Crippen molar-refractivity contribution in [3.8, 4) is 5.82 Å². The zero-order chi connectivity index (χ0) is 11.1. The lowest BCUT2D eigenvalue weighted by Crippen LogP contribution is -2.05. The maximum atomic E-state index is 12.2. The molecular formula is C7H3F3IN3S. The summed E-state index contributed by atoms with van der Waals surface area (Å²) >= 11 is 2.58. The maximum Gasteiger partial charge on any atom is 0.443 e. The van der Waals surface area contributed by atoms with E-state index in [4.69, 9.17) is 0 Å². The molecule has 15 heavy (non-hydrogen) atoms. The van der Waals surface area contributed by atoms with E-state index in [1.165, 1.54) is 10.1 Å². The number of rotatable bonds is 1. The van der Waals surface area contributed by atoms with Crippen molar-refractivity contribution in [3.05, 3.63) is 26.4 Å². The van der Waals surface area contributed by atoms with E-state index in [0.717, 1.165) is 3.57 Å². The summed E-state index contributed by atoms with van der Waals surface area (Å²) in [7, 11) is 0. The zero-order valence-corrected chi connectivity index (χ0v) is 9.97. The van der Waals surface area contributed by atoms with Crippen LogP contribution in [-0.2, 0) is 6.18 Å². The predicted molar refractivity (Wildman–Crippen MR) is 57.0 cm³/mol. The van der Waals surface area contributed by atoms with Crippen LogP contribution < -0.4 is 0 Å². The molecular weight excluding hydrogens is 342 g/mol. The molecule has 2 aromatic rings. The molecule has 3 nitrogen and oxygen atoms in total. The van der Waals surface area contributed by atoms with Gasteiger partial charge in [-0.2, -0.15) is 18.3 Å². The fraction of sp³-hybridized carbons (Fsp3) is 0.143. The van der Waals surface area contributed by atoms with Crippen LogP contribution in [0.2, 0.25) is 0 Å². The van der Waals surface area contributed by atoms with Crippen LogP contribution in [0, 0.1) is 3.57 Å². The summed E-state index contributed by atoms with van der Waals surface area (Å²) in [5, 5.41) is 4.33. The minimum Gasteiger partial charge on any atom is -0.221 e. The molecule has 2 heterocycles. The molecule has 0 aliphatic carbocycles. The van der Waals surface area contributed by atoms with Crippen molar-refractivity contribution in [1.29, 1.82) is 0 Å². The molecule has 0 aliphatic rings. The summed E-state index contributed by atoms with van der Waals surface area (Å²) in [6, 6.07) is 0. The minimum atomic E-state index is -4.39. The fourth-order valence-electron chi connectivity index (χ4n) is 0.927. The standard InChI is InChI=1S/C7H3F3IN3S/c8-7(9,10)6-13-5(3-15-6)14-2-4(11)1-12-14/h1-3H. The molecule has 0 atom stereocenters. The van der Waals surface area contributed by atoms with Crippen LogP contribution in [0.5, 0.6) is 0 Å². The summed E-state index contributed by atoms with van der Waals surface area (Å²) in [6.07, 6.45) is -1.23. The second kappa shape index (κ2) is 3.74. The average molecular weight is 345 g/mol. The van der Waals surface area contributed by atoms with Gasteiger partial charge in [-0.15, -0.1) is 11.3 Å². The van der Waals surface area contributed by atoms with E-state index in [1.807, 2.05) is 22.6 Å². The number of thiazole rings is 1. The molecule has 2 aromatic heterocycles. The van der Waals surface area contributed by atoms with E-state index < -0.39 is 11.2 Å². The van der Waals surface area contributed by atoms with Crippen LogP contribution in [0.15, 0.2) is 17.8 Å². The van der Waals surface area contributed by atoms with Crippen LogP contribution in [0.4, 0.5) is 13.2 Å². The highest BCUT2D eigenvalue weighted by Gasteiger charge is 2.34. The molecule has 80 valence electrons. The van der Waals surface area contributed by atoms with E-state index in [1.54, 1.807) is 12.4 Å². The van der Waals surface area contributed by atoms with E-state index in [0.29, 0.717) is 11.3 Å². The van der Waals surface area contributed by atoms with E-state index in [9.17, 15) is 13.2 Å². The normalized spacial score (nSPS) is 12.0. The molecule has 0 amide bonds. The first-order chi connectivity index (χ1) is 6.97. The molecule has 0 bridgehead atoms. The molecule has 0 unspecified atom stereocenters. The van der Waals surface area contributed by atoms with E-state index in [-0.39, 0.29) is 5.82 Å². The number of halogens is 4. The third-order valence-corrected chi connectivity index (χ3v) is 2.95. The quantitative estimate of drug-likeness (QED) is 0.744. The summed E-state index contributed by atoms with van der Waals surface area (Å²) in [4.78, 5) is 3.46. The average Bonchev–Trinajstić information content (AvgIpc) is 2.69. The summed E-state index contributed by atoms with van der Waals surface area (Å²) in [5.74, 6) is 0.190. The van der Waals surface area contributed by atoms with Crippen molar-refractivity contribution in [1.82, 2.24) is 14.8 Å². The molecule has 0 spiro atoms. The summed E-state index contributed by atoms with van der Waals surface area (Å²) in [6.45, 7) is 0. The van der Waals surface area contributed by atoms with Crippen LogP contribution in [-0.4, -0.2) is 14.8 Å². The fourth-order valence-corrected chi connectivity index (χ4v) is 1.97. The van der Waals surface area contributed by atoms with Gasteiger partial charge in [-0.05, 0) is 22.6 Å². The van der Waals surface area contributed by atoms with Crippen molar-refractivity contribution in [2.75, 3.05) is 0 Å². The third-order valence-electron chi connectivity index (χ3n) is 1.52. The van der Waals surface area contributed by atoms with Gasteiger partial charge in [0.2, 0.25) is 0 Å². The second-order valence-corrected chi connectivity index (χ2v) is 4.72. The third kappa shape index (κ3) is 2.30. The Morgan fingerprint density at radius 3 is 2.60 bits per heavy atom. The lowest BCUT2D eigenvalue weighted by molar-refractivity contribution is -0.137. The van der Waals surface area contributed by atoms with Crippen molar-refractivity contribution in [2.45, 2.75) is 6.18 Å². The van der Waals surface area contributed by atoms with Gasteiger partial charge in [0.05, 0.1) is 9.77 Å². The Bertz CT molecular complexity index is 476. The zero-order valence-electron chi connectivity index (χ0n) is 6.99. The van der Waals surface area contributed by atoms with Crippen LogP contribution >= 0.6 is 33.9 Å². The predicted octanol–water partition coefficient (Wildman–Crippen LogP) is 2.95. The minimum absolute atomic E-state index is 0.190. The number of hydrogen-bond acceptors (Lipinski definition) is 3. The van der Waals surface area contributed by atoms with Gasteiger partial charge < -0.3 is 0 Å². The second-order valence-electron chi connectivity index (χ2n) is 2.61. The van der Waals surface area contributed by atoms with Gasteiger partial charge in [0.1, 0.15) is 0 Å². The number of alkyl halides is 3. The smallest absolute Gasteiger partial charge is 0.221 e. The Morgan fingerprint density at radius 1 is 1.40 bits per heavy atom. The largest absolute Gasteiger partial charge is 0.443 e. The van der Waals surface area contributed by atoms with E-state index in [2.05, 4.69) is 10.1 Å². The first kappa shape index (κ1) is 10.9. The SMILES string of the molecule is FC(F)(F)c1nc(-n2cc(I)cn2)cs1. The molecule has 2 rings (SSSR count). The van der Waals surface area contributed by atoms with Crippen LogP contribution in [0.25, 0.3) is 5.82 Å². The Labute approximate surface area is 100 Å². The highest BCUT2D eigenvalue weighted by molar-refractivity contribution is 14.1. The molecule has 0 aromatic carbocycles. The topological polar surface area (TPSA) is 30.7 Å². The van der Waals surface area contributed by atoms with Crippen LogP contribution in [0.3, 0.4) is 0 Å². The van der Waals surface area contributed by atoms with E-state index >= 15 is 0 Å².